The number of nitrogens with zero attached hydrogens (tertiary/aromatic N) is 2. The lowest BCUT2D eigenvalue weighted by Gasteiger charge is -2.32. The molecule has 1 saturated heterocycles. The average Bonchev–Trinajstić information content (AvgIpc) is 2.38. The number of anilines is 2. The molecule has 1 aromatic rings. The lowest BCUT2D eigenvalue weighted by Crippen LogP contribution is -2.36. The van der Waals surface area contributed by atoms with Crippen LogP contribution in [0.4, 0.5) is 17.1 Å². The fourth-order valence-corrected chi connectivity index (χ4v) is 2.26. The molecule has 1 aliphatic rings. The van der Waals surface area contributed by atoms with Gasteiger partial charge >= 0.3 is 0 Å². The quantitative estimate of drug-likeness (QED) is 0.503. The van der Waals surface area contributed by atoms with Gasteiger partial charge in [-0.05, 0) is 18.9 Å². The van der Waals surface area contributed by atoms with Crippen LogP contribution >= 0.6 is 0 Å². The van der Waals surface area contributed by atoms with E-state index in [0.717, 1.165) is 31.6 Å². The van der Waals surface area contributed by atoms with E-state index in [-0.39, 0.29) is 11.8 Å². The van der Waals surface area contributed by atoms with Crippen molar-refractivity contribution >= 4 is 17.1 Å². The monoisotopic (exact) mass is 251 g/mol. The number of rotatable bonds is 3. The van der Waals surface area contributed by atoms with Crippen LogP contribution in [-0.4, -0.2) is 31.2 Å². The third-order valence-electron chi connectivity index (χ3n) is 3.28. The van der Waals surface area contributed by atoms with Crippen LogP contribution in [0.2, 0.25) is 0 Å². The molecule has 1 aliphatic heterocycles. The third kappa shape index (κ3) is 2.70. The first kappa shape index (κ1) is 12.6. The molecule has 2 N–H and O–H groups in total. The average molecular weight is 251 g/mol. The molecule has 0 spiro atoms. The van der Waals surface area contributed by atoms with Crippen molar-refractivity contribution in [3.63, 3.8) is 0 Å². The zero-order chi connectivity index (χ0) is 13.1. The fourth-order valence-electron chi connectivity index (χ4n) is 2.26. The van der Waals surface area contributed by atoms with Crippen molar-refractivity contribution in [2.24, 2.45) is 0 Å². The SMILES string of the molecule is COC1CCN(c2cc(N)cc([N+](=O)[O-])c2)CC1. The van der Waals surface area contributed by atoms with Crippen LogP contribution in [0, 0.1) is 10.1 Å². The molecule has 1 aromatic carbocycles. The molecule has 0 aliphatic carbocycles. The first-order valence-corrected chi connectivity index (χ1v) is 5.93. The van der Waals surface area contributed by atoms with Gasteiger partial charge in [0.25, 0.3) is 5.69 Å². The Bertz CT molecular complexity index is 442. The van der Waals surface area contributed by atoms with E-state index >= 15 is 0 Å². The molecule has 0 saturated carbocycles. The summed E-state index contributed by atoms with van der Waals surface area (Å²) in [6.45, 7) is 1.66. The van der Waals surface area contributed by atoms with Gasteiger partial charge in [-0.3, -0.25) is 10.1 Å². The van der Waals surface area contributed by atoms with E-state index < -0.39 is 4.92 Å². The zero-order valence-corrected chi connectivity index (χ0v) is 10.3. The van der Waals surface area contributed by atoms with Gasteiger partial charge < -0.3 is 15.4 Å². The summed E-state index contributed by atoms with van der Waals surface area (Å²) < 4.78 is 5.30. The van der Waals surface area contributed by atoms with Gasteiger partial charge in [-0.25, -0.2) is 0 Å². The number of piperidine rings is 1. The number of benzene rings is 1. The van der Waals surface area contributed by atoms with Gasteiger partial charge in [-0.2, -0.15) is 0 Å². The van der Waals surface area contributed by atoms with Gasteiger partial charge in [0, 0.05) is 43.7 Å². The number of ether oxygens (including phenoxy) is 1. The van der Waals surface area contributed by atoms with Crippen LogP contribution in [0.3, 0.4) is 0 Å². The Balaban J connectivity index is 2.16. The number of nitrogen functional groups attached to an aromatic ring is 1. The number of nitro groups is 1. The minimum atomic E-state index is -0.415. The normalized spacial score (nSPS) is 16.8. The number of methoxy groups -OCH3 is 1. The van der Waals surface area contributed by atoms with E-state index in [0.29, 0.717) is 5.69 Å². The minimum absolute atomic E-state index is 0.0406. The Kier molecular flexibility index (Phi) is 3.66. The summed E-state index contributed by atoms with van der Waals surface area (Å²) in [5.41, 5.74) is 6.98. The molecule has 98 valence electrons. The van der Waals surface area contributed by atoms with Gasteiger partial charge in [-0.15, -0.1) is 0 Å². The standard InChI is InChI=1S/C12H17N3O3/c1-18-12-2-4-14(5-3-12)10-6-9(13)7-11(8-10)15(16)17/h6-8,12H,2-5,13H2,1H3. The Morgan fingerprint density at radius 2 is 2.06 bits per heavy atom. The van der Waals surface area contributed by atoms with Crippen molar-refractivity contribution in [1.82, 2.24) is 0 Å². The molecular formula is C12H17N3O3. The maximum Gasteiger partial charge on any atom is 0.273 e. The van der Waals surface area contributed by atoms with Crippen molar-refractivity contribution in [3.8, 4) is 0 Å². The van der Waals surface area contributed by atoms with Gasteiger partial charge in [0.15, 0.2) is 0 Å². The molecule has 18 heavy (non-hydrogen) atoms. The summed E-state index contributed by atoms with van der Waals surface area (Å²) in [6.07, 6.45) is 2.15. The summed E-state index contributed by atoms with van der Waals surface area (Å²) in [5, 5.41) is 10.8. The highest BCUT2D eigenvalue weighted by molar-refractivity contribution is 5.62. The molecule has 1 fully saturated rings. The number of hydrogen-bond acceptors (Lipinski definition) is 5. The smallest absolute Gasteiger partial charge is 0.273 e. The second-order valence-electron chi connectivity index (χ2n) is 4.46. The lowest BCUT2D eigenvalue weighted by molar-refractivity contribution is -0.384. The topological polar surface area (TPSA) is 81.6 Å². The second kappa shape index (κ2) is 5.22. The first-order chi connectivity index (χ1) is 8.60. The van der Waals surface area contributed by atoms with Crippen molar-refractivity contribution in [1.29, 1.82) is 0 Å². The van der Waals surface area contributed by atoms with Crippen molar-refractivity contribution < 1.29 is 9.66 Å². The molecule has 6 nitrogen and oxygen atoms in total. The van der Waals surface area contributed by atoms with Crippen molar-refractivity contribution in [3.05, 3.63) is 28.3 Å². The summed E-state index contributed by atoms with van der Waals surface area (Å²) in [6, 6.07) is 4.73. The van der Waals surface area contributed by atoms with E-state index in [4.69, 9.17) is 10.5 Å². The number of non-ortho nitro benzene ring substituents is 1. The van der Waals surface area contributed by atoms with Gasteiger partial charge in [-0.1, -0.05) is 0 Å². The number of hydrogen-bond donors (Lipinski definition) is 1. The van der Waals surface area contributed by atoms with E-state index in [1.807, 2.05) is 0 Å². The van der Waals surface area contributed by atoms with Crippen LogP contribution < -0.4 is 10.6 Å². The van der Waals surface area contributed by atoms with Crippen molar-refractivity contribution in [2.45, 2.75) is 18.9 Å². The molecule has 0 amide bonds. The minimum Gasteiger partial charge on any atom is -0.398 e. The molecule has 2 rings (SSSR count). The predicted octanol–water partition coefficient (Wildman–Crippen LogP) is 1.79. The van der Waals surface area contributed by atoms with Crippen LogP contribution in [0.15, 0.2) is 18.2 Å². The number of nitrogens with two attached hydrogens (primary N) is 1. The van der Waals surface area contributed by atoms with Gasteiger partial charge in [0.05, 0.1) is 11.0 Å². The molecule has 0 unspecified atom stereocenters. The number of nitro benzene ring substituents is 1. The van der Waals surface area contributed by atoms with Gasteiger partial charge in [0.1, 0.15) is 0 Å². The molecule has 0 bridgehead atoms. The first-order valence-electron chi connectivity index (χ1n) is 5.93. The molecule has 1 heterocycles. The van der Waals surface area contributed by atoms with Crippen LogP contribution in [-0.2, 0) is 4.74 Å². The Hall–Kier alpha value is -1.82. The highest BCUT2D eigenvalue weighted by atomic mass is 16.6. The van der Waals surface area contributed by atoms with E-state index in [1.54, 1.807) is 19.2 Å². The summed E-state index contributed by atoms with van der Waals surface area (Å²) >= 11 is 0. The highest BCUT2D eigenvalue weighted by Crippen LogP contribution is 2.27. The summed E-state index contributed by atoms with van der Waals surface area (Å²) in [4.78, 5) is 12.5. The van der Waals surface area contributed by atoms with Crippen molar-refractivity contribution in [2.75, 3.05) is 30.8 Å². The van der Waals surface area contributed by atoms with E-state index in [2.05, 4.69) is 4.90 Å². The van der Waals surface area contributed by atoms with E-state index in [1.165, 1.54) is 6.07 Å². The largest absolute Gasteiger partial charge is 0.398 e. The van der Waals surface area contributed by atoms with Crippen LogP contribution in [0.25, 0.3) is 0 Å². The Labute approximate surface area is 105 Å². The molecule has 6 heteroatoms. The Morgan fingerprint density at radius 3 is 2.61 bits per heavy atom. The third-order valence-corrected chi connectivity index (χ3v) is 3.28. The van der Waals surface area contributed by atoms with E-state index in [9.17, 15) is 10.1 Å². The summed E-state index contributed by atoms with van der Waals surface area (Å²) in [5.74, 6) is 0. The maximum absolute atomic E-state index is 10.8. The lowest BCUT2D eigenvalue weighted by atomic mass is 10.1. The molecule has 0 atom stereocenters. The maximum atomic E-state index is 10.8. The highest BCUT2D eigenvalue weighted by Gasteiger charge is 2.20. The Morgan fingerprint density at radius 1 is 1.39 bits per heavy atom. The molecular weight excluding hydrogens is 234 g/mol. The van der Waals surface area contributed by atoms with Crippen LogP contribution in [0.5, 0.6) is 0 Å². The fraction of sp³-hybridized carbons (Fsp3) is 0.500. The molecule has 0 radical (unpaired) electrons. The predicted molar refractivity (Wildman–Crippen MR) is 69.8 cm³/mol. The summed E-state index contributed by atoms with van der Waals surface area (Å²) in [7, 11) is 1.71. The molecule has 0 aromatic heterocycles. The zero-order valence-electron chi connectivity index (χ0n) is 10.3. The van der Waals surface area contributed by atoms with Gasteiger partial charge in [0.2, 0.25) is 0 Å². The van der Waals surface area contributed by atoms with Crippen LogP contribution in [0.1, 0.15) is 12.8 Å². The second-order valence-corrected chi connectivity index (χ2v) is 4.46.